The molecule has 1 saturated heterocycles. The van der Waals surface area contributed by atoms with Gasteiger partial charge in [0.2, 0.25) is 0 Å². The van der Waals surface area contributed by atoms with Crippen LogP contribution in [0.5, 0.6) is 0 Å². The van der Waals surface area contributed by atoms with E-state index < -0.39 is 6.10 Å². The Labute approximate surface area is 129 Å². The molecule has 21 heavy (non-hydrogen) atoms. The molecule has 0 aliphatic carbocycles. The molecule has 0 amide bonds. The monoisotopic (exact) mass is 303 g/mol. The third-order valence-electron chi connectivity index (χ3n) is 3.91. The van der Waals surface area contributed by atoms with Crippen molar-refractivity contribution in [2.45, 2.75) is 58.3 Å². The van der Waals surface area contributed by atoms with Crippen LogP contribution in [0.1, 0.15) is 40.0 Å². The van der Waals surface area contributed by atoms with Gasteiger partial charge in [0.1, 0.15) is 6.10 Å². The smallest absolute Gasteiger partial charge is 0.100 e. The predicted octanol–water partition coefficient (Wildman–Crippen LogP) is 1.27. The molecular weight excluding hydrogens is 270 g/mol. The summed E-state index contributed by atoms with van der Waals surface area (Å²) in [5, 5.41) is 18.1. The van der Waals surface area contributed by atoms with Crippen LogP contribution in [0, 0.1) is 5.92 Å². The minimum atomic E-state index is -0.761. The highest BCUT2D eigenvalue weighted by molar-refractivity contribution is 4.75. The molecule has 5 nitrogen and oxygen atoms in total. The zero-order valence-electron chi connectivity index (χ0n) is 13.8. The Hall–Kier alpha value is -0.200. The Morgan fingerprint density at radius 3 is 2.67 bits per heavy atom. The Bertz CT molecular complexity index is 263. The quantitative estimate of drug-likeness (QED) is 0.636. The highest BCUT2D eigenvalue weighted by Gasteiger charge is 2.22. The zero-order chi connectivity index (χ0) is 15.7. The molecular formula is C16H33NO4. The van der Waals surface area contributed by atoms with E-state index in [0.717, 1.165) is 32.7 Å². The maximum atomic E-state index is 9.30. The van der Waals surface area contributed by atoms with E-state index in [-0.39, 0.29) is 19.3 Å². The number of hydrogen-bond acceptors (Lipinski definition) is 5. The van der Waals surface area contributed by atoms with Gasteiger partial charge in [-0.05, 0) is 52.5 Å². The standard InChI is InChI=1S/C16H33NO4/c1-13(2)20-8-7-17-6-4-5-15(10-17)9-14(3)21-12-16(19)11-18/h13-16,18-19H,4-12H2,1-3H3. The van der Waals surface area contributed by atoms with E-state index in [1.165, 1.54) is 12.8 Å². The Kier molecular flexibility index (Phi) is 9.44. The van der Waals surface area contributed by atoms with Gasteiger partial charge in [0.05, 0.1) is 32.0 Å². The van der Waals surface area contributed by atoms with Crippen molar-refractivity contribution in [1.29, 1.82) is 0 Å². The van der Waals surface area contributed by atoms with Crippen molar-refractivity contribution in [2.24, 2.45) is 5.92 Å². The van der Waals surface area contributed by atoms with E-state index in [0.29, 0.717) is 12.0 Å². The van der Waals surface area contributed by atoms with E-state index in [4.69, 9.17) is 14.6 Å². The summed E-state index contributed by atoms with van der Waals surface area (Å²) in [6.07, 6.45) is 3.17. The van der Waals surface area contributed by atoms with Crippen molar-refractivity contribution in [1.82, 2.24) is 4.90 Å². The second-order valence-electron chi connectivity index (χ2n) is 6.44. The molecule has 1 aliphatic heterocycles. The van der Waals surface area contributed by atoms with Crippen molar-refractivity contribution in [3.8, 4) is 0 Å². The summed E-state index contributed by atoms with van der Waals surface area (Å²) < 4.78 is 11.2. The lowest BCUT2D eigenvalue weighted by Gasteiger charge is -2.34. The molecule has 126 valence electrons. The molecule has 0 saturated carbocycles. The molecule has 2 N–H and O–H groups in total. The van der Waals surface area contributed by atoms with Crippen LogP contribution in [0.3, 0.4) is 0 Å². The number of aliphatic hydroxyl groups excluding tert-OH is 2. The predicted molar refractivity (Wildman–Crippen MR) is 83.4 cm³/mol. The first-order valence-electron chi connectivity index (χ1n) is 8.25. The summed E-state index contributed by atoms with van der Waals surface area (Å²) in [6, 6.07) is 0. The molecule has 5 heteroatoms. The van der Waals surface area contributed by atoms with Gasteiger partial charge < -0.3 is 24.6 Å². The average molecular weight is 303 g/mol. The average Bonchev–Trinajstić information content (AvgIpc) is 2.44. The second-order valence-corrected chi connectivity index (χ2v) is 6.44. The van der Waals surface area contributed by atoms with Crippen molar-refractivity contribution < 1.29 is 19.7 Å². The Balaban J connectivity index is 2.19. The van der Waals surface area contributed by atoms with Gasteiger partial charge in [-0.2, -0.15) is 0 Å². The van der Waals surface area contributed by atoms with Gasteiger partial charge in [0.25, 0.3) is 0 Å². The van der Waals surface area contributed by atoms with E-state index in [2.05, 4.69) is 18.7 Å². The van der Waals surface area contributed by atoms with Gasteiger partial charge in [-0.15, -0.1) is 0 Å². The number of ether oxygens (including phenoxy) is 2. The summed E-state index contributed by atoms with van der Waals surface area (Å²) in [6.45, 7) is 10.2. The first-order valence-corrected chi connectivity index (χ1v) is 8.25. The lowest BCUT2D eigenvalue weighted by Crippen LogP contribution is -2.39. The van der Waals surface area contributed by atoms with Crippen LogP contribution in [-0.4, -0.2) is 72.9 Å². The fourth-order valence-corrected chi connectivity index (χ4v) is 2.83. The van der Waals surface area contributed by atoms with Crippen LogP contribution >= 0.6 is 0 Å². The van der Waals surface area contributed by atoms with Crippen LogP contribution in [0.25, 0.3) is 0 Å². The maximum absolute atomic E-state index is 9.30. The number of nitrogens with zero attached hydrogens (tertiary/aromatic N) is 1. The first-order chi connectivity index (χ1) is 10.0. The van der Waals surface area contributed by atoms with Gasteiger partial charge >= 0.3 is 0 Å². The van der Waals surface area contributed by atoms with Crippen molar-refractivity contribution in [3.05, 3.63) is 0 Å². The SMILES string of the molecule is CC(C)OCCN1CCCC(CC(C)OCC(O)CO)C1. The molecule has 0 radical (unpaired) electrons. The van der Waals surface area contributed by atoms with Gasteiger partial charge in [0.15, 0.2) is 0 Å². The van der Waals surface area contributed by atoms with Crippen molar-refractivity contribution in [2.75, 3.05) is 39.5 Å². The molecule has 1 fully saturated rings. The summed E-state index contributed by atoms with van der Waals surface area (Å²) >= 11 is 0. The fourth-order valence-electron chi connectivity index (χ4n) is 2.83. The third kappa shape index (κ3) is 8.73. The Morgan fingerprint density at radius 1 is 1.24 bits per heavy atom. The molecule has 0 aromatic rings. The van der Waals surface area contributed by atoms with Crippen molar-refractivity contribution >= 4 is 0 Å². The largest absolute Gasteiger partial charge is 0.394 e. The molecule has 3 atom stereocenters. The van der Waals surface area contributed by atoms with E-state index in [9.17, 15) is 5.11 Å². The van der Waals surface area contributed by atoms with Crippen LogP contribution < -0.4 is 0 Å². The zero-order valence-corrected chi connectivity index (χ0v) is 13.8. The molecule has 1 aliphatic rings. The molecule has 3 unspecified atom stereocenters. The molecule has 1 heterocycles. The van der Waals surface area contributed by atoms with Gasteiger partial charge in [-0.25, -0.2) is 0 Å². The number of hydrogen-bond donors (Lipinski definition) is 2. The fraction of sp³-hybridized carbons (Fsp3) is 1.00. The van der Waals surface area contributed by atoms with Crippen LogP contribution in [0.4, 0.5) is 0 Å². The minimum absolute atomic E-state index is 0.128. The molecule has 1 rings (SSSR count). The minimum Gasteiger partial charge on any atom is -0.394 e. The lowest BCUT2D eigenvalue weighted by molar-refractivity contribution is -0.0335. The number of aliphatic hydroxyl groups is 2. The van der Waals surface area contributed by atoms with Crippen LogP contribution in [0.15, 0.2) is 0 Å². The molecule has 0 bridgehead atoms. The molecule has 0 aromatic carbocycles. The topological polar surface area (TPSA) is 62.2 Å². The summed E-state index contributed by atoms with van der Waals surface area (Å²) in [5.74, 6) is 0.652. The highest BCUT2D eigenvalue weighted by Crippen LogP contribution is 2.22. The van der Waals surface area contributed by atoms with E-state index in [1.54, 1.807) is 0 Å². The second kappa shape index (κ2) is 10.5. The summed E-state index contributed by atoms with van der Waals surface area (Å²) in [7, 11) is 0. The van der Waals surface area contributed by atoms with Gasteiger partial charge in [-0.1, -0.05) is 0 Å². The third-order valence-corrected chi connectivity index (χ3v) is 3.91. The van der Waals surface area contributed by atoms with E-state index in [1.807, 2.05) is 6.92 Å². The highest BCUT2D eigenvalue weighted by atomic mass is 16.5. The number of piperidine rings is 1. The summed E-state index contributed by atoms with van der Waals surface area (Å²) in [5.41, 5.74) is 0. The lowest BCUT2D eigenvalue weighted by atomic mass is 9.92. The maximum Gasteiger partial charge on any atom is 0.100 e. The first kappa shape index (κ1) is 18.8. The van der Waals surface area contributed by atoms with E-state index >= 15 is 0 Å². The molecule has 0 aromatic heterocycles. The van der Waals surface area contributed by atoms with Crippen molar-refractivity contribution in [3.63, 3.8) is 0 Å². The van der Waals surface area contributed by atoms with Crippen LogP contribution in [0.2, 0.25) is 0 Å². The van der Waals surface area contributed by atoms with Crippen LogP contribution in [-0.2, 0) is 9.47 Å². The normalized spacial score (nSPS) is 23.4. The molecule has 0 spiro atoms. The Morgan fingerprint density at radius 2 is 2.00 bits per heavy atom. The summed E-state index contributed by atoms with van der Waals surface area (Å²) in [4.78, 5) is 2.48. The number of rotatable bonds is 10. The van der Waals surface area contributed by atoms with Gasteiger partial charge in [0, 0.05) is 13.1 Å². The number of likely N-dealkylation sites (tertiary alicyclic amines) is 1. The van der Waals surface area contributed by atoms with Gasteiger partial charge in [-0.3, -0.25) is 0 Å².